The van der Waals surface area contributed by atoms with Crippen LogP contribution in [0.2, 0.25) is 0 Å². The molecule has 2 heterocycles. The minimum atomic E-state index is -0.188. The van der Waals surface area contributed by atoms with E-state index in [1.165, 1.54) is 10.3 Å². The molecule has 24 heavy (non-hydrogen) atoms. The van der Waals surface area contributed by atoms with Gasteiger partial charge >= 0.3 is 0 Å². The van der Waals surface area contributed by atoms with Gasteiger partial charge < -0.3 is 9.68 Å². The molecular weight excluding hydrogens is 312 g/mol. The first-order valence-electron chi connectivity index (χ1n) is 7.96. The number of rotatable bonds is 4. The molecule has 1 aromatic carbocycles. The smallest absolute Gasteiger partial charge is 0.238 e. The molecule has 0 spiro atoms. The van der Waals surface area contributed by atoms with Gasteiger partial charge in [0.15, 0.2) is 5.75 Å². The number of hydroxylamine groups is 2. The average Bonchev–Trinajstić information content (AvgIpc) is 3.08. The zero-order valence-corrected chi connectivity index (χ0v) is 14.1. The molecule has 2 fully saturated rings. The van der Waals surface area contributed by atoms with E-state index >= 15 is 0 Å². The molecule has 0 aliphatic carbocycles. The van der Waals surface area contributed by atoms with Gasteiger partial charge in [0.25, 0.3) is 0 Å². The summed E-state index contributed by atoms with van der Waals surface area (Å²) < 4.78 is 0. The van der Waals surface area contributed by atoms with Crippen LogP contribution in [0, 0.1) is 0 Å². The van der Waals surface area contributed by atoms with Crippen molar-refractivity contribution in [3.05, 3.63) is 23.8 Å². The fourth-order valence-corrected chi connectivity index (χ4v) is 2.52. The predicted molar refractivity (Wildman–Crippen MR) is 85.3 cm³/mol. The molecule has 0 saturated carbocycles. The molecule has 2 amide bonds. The molecule has 2 saturated heterocycles. The first-order chi connectivity index (χ1) is 11.3. The largest absolute Gasteiger partial charge is 0.386 e. The van der Waals surface area contributed by atoms with Gasteiger partial charge in [-0.05, 0) is 23.6 Å². The van der Waals surface area contributed by atoms with Gasteiger partial charge in [0, 0.05) is 18.4 Å². The highest BCUT2D eigenvalue weighted by atomic mass is 16.7. The lowest BCUT2D eigenvalue weighted by Crippen LogP contribution is -2.37. The Labute approximate surface area is 140 Å². The molecule has 0 aromatic heterocycles. The summed E-state index contributed by atoms with van der Waals surface area (Å²) in [4.78, 5) is 34.1. The Morgan fingerprint density at radius 3 is 2.04 bits per heavy atom. The highest BCUT2D eigenvalue weighted by Gasteiger charge is 2.26. The topological polar surface area (TPSA) is 83.1 Å². The third-order valence-electron chi connectivity index (χ3n) is 3.77. The monoisotopic (exact) mass is 334 g/mol. The van der Waals surface area contributed by atoms with Crippen molar-refractivity contribution in [2.75, 3.05) is 13.1 Å². The van der Waals surface area contributed by atoms with E-state index in [9.17, 15) is 9.59 Å². The number of hydrazine groups is 2. The van der Waals surface area contributed by atoms with E-state index in [4.69, 9.17) is 9.68 Å². The number of hydrogen-bond donors (Lipinski definition) is 2. The SMILES string of the molecule is CC(C)(C)c1cc(ON2CCC(=O)N2)ccc1ON1CCC(=O)N1. The second-order valence-corrected chi connectivity index (χ2v) is 6.86. The summed E-state index contributed by atoms with van der Waals surface area (Å²) in [6, 6.07) is 5.46. The molecule has 2 N–H and O–H groups in total. The van der Waals surface area contributed by atoms with Gasteiger partial charge in [-0.3, -0.25) is 20.4 Å². The maximum absolute atomic E-state index is 11.3. The number of nitrogens with one attached hydrogen (secondary N) is 2. The first kappa shape index (κ1) is 16.5. The Hall–Kier alpha value is -2.32. The summed E-state index contributed by atoms with van der Waals surface area (Å²) in [6.07, 6.45) is 0.836. The summed E-state index contributed by atoms with van der Waals surface area (Å²) in [6.45, 7) is 7.21. The summed E-state index contributed by atoms with van der Waals surface area (Å²) in [5, 5.41) is 2.86. The lowest BCUT2D eigenvalue weighted by Gasteiger charge is -2.26. The molecule has 0 bridgehead atoms. The van der Waals surface area contributed by atoms with E-state index in [-0.39, 0.29) is 17.2 Å². The van der Waals surface area contributed by atoms with E-state index in [2.05, 4.69) is 31.6 Å². The van der Waals surface area contributed by atoms with Crippen molar-refractivity contribution in [3.63, 3.8) is 0 Å². The van der Waals surface area contributed by atoms with Crippen molar-refractivity contribution in [1.82, 2.24) is 21.2 Å². The van der Waals surface area contributed by atoms with E-state index in [0.717, 1.165) is 5.56 Å². The van der Waals surface area contributed by atoms with Crippen LogP contribution >= 0.6 is 0 Å². The average molecular weight is 334 g/mol. The molecular formula is C16H22N4O4. The van der Waals surface area contributed by atoms with E-state index in [1.807, 2.05) is 6.07 Å². The molecule has 1 aromatic rings. The Morgan fingerprint density at radius 2 is 1.54 bits per heavy atom. The van der Waals surface area contributed by atoms with Crippen LogP contribution in [-0.4, -0.2) is 35.2 Å². The van der Waals surface area contributed by atoms with Gasteiger partial charge in [0.1, 0.15) is 5.75 Å². The van der Waals surface area contributed by atoms with Crippen LogP contribution in [-0.2, 0) is 15.0 Å². The fraction of sp³-hybridized carbons (Fsp3) is 0.500. The van der Waals surface area contributed by atoms with Crippen molar-refractivity contribution >= 4 is 11.8 Å². The van der Waals surface area contributed by atoms with Crippen LogP contribution in [0.1, 0.15) is 39.2 Å². The zero-order chi connectivity index (χ0) is 17.3. The fourth-order valence-electron chi connectivity index (χ4n) is 2.52. The Balaban J connectivity index is 1.78. The maximum Gasteiger partial charge on any atom is 0.238 e. The second-order valence-electron chi connectivity index (χ2n) is 6.86. The molecule has 2 aliphatic rings. The molecule has 0 unspecified atom stereocenters. The number of amides is 2. The Kier molecular flexibility index (Phi) is 4.33. The van der Waals surface area contributed by atoms with Crippen LogP contribution in [0.25, 0.3) is 0 Å². The third-order valence-corrected chi connectivity index (χ3v) is 3.77. The molecule has 130 valence electrons. The van der Waals surface area contributed by atoms with Crippen molar-refractivity contribution < 1.29 is 19.3 Å². The van der Waals surface area contributed by atoms with Crippen molar-refractivity contribution in [1.29, 1.82) is 0 Å². The van der Waals surface area contributed by atoms with Gasteiger partial charge in [-0.15, -0.1) is 0 Å². The van der Waals surface area contributed by atoms with Gasteiger partial charge in [-0.1, -0.05) is 31.1 Å². The molecule has 8 heteroatoms. The highest BCUT2D eigenvalue weighted by molar-refractivity contribution is 5.77. The van der Waals surface area contributed by atoms with E-state index in [1.54, 1.807) is 12.1 Å². The van der Waals surface area contributed by atoms with E-state index < -0.39 is 0 Å². The normalized spacial score (nSPS) is 19.3. The van der Waals surface area contributed by atoms with Crippen molar-refractivity contribution in [2.45, 2.75) is 39.0 Å². The summed E-state index contributed by atoms with van der Waals surface area (Å²) >= 11 is 0. The quantitative estimate of drug-likeness (QED) is 0.856. The van der Waals surface area contributed by atoms with Crippen LogP contribution in [0.3, 0.4) is 0 Å². The second kappa shape index (κ2) is 6.29. The summed E-state index contributed by atoms with van der Waals surface area (Å²) in [5.41, 5.74) is 6.02. The van der Waals surface area contributed by atoms with Crippen LogP contribution in [0.4, 0.5) is 0 Å². The van der Waals surface area contributed by atoms with Crippen LogP contribution in [0.15, 0.2) is 18.2 Å². The molecule has 2 aliphatic heterocycles. The lowest BCUT2D eigenvalue weighted by molar-refractivity contribution is -0.133. The first-order valence-corrected chi connectivity index (χ1v) is 7.96. The van der Waals surface area contributed by atoms with Gasteiger partial charge in [-0.2, -0.15) is 0 Å². The lowest BCUT2D eigenvalue weighted by atomic mass is 9.86. The van der Waals surface area contributed by atoms with Crippen molar-refractivity contribution in [2.24, 2.45) is 0 Å². The Morgan fingerprint density at radius 1 is 0.958 bits per heavy atom. The number of hydrogen-bond acceptors (Lipinski definition) is 6. The summed E-state index contributed by atoms with van der Waals surface area (Å²) in [5.74, 6) is 1.15. The molecule has 3 rings (SSSR count). The minimum absolute atomic E-state index is 0.0583. The predicted octanol–water partition coefficient (Wildman–Crippen LogP) is 1.05. The number of carbonyl (C=O) groups excluding carboxylic acids is 2. The van der Waals surface area contributed by atoms with Crippen LogP contribution < -0.4 is 20.5 Å². The standard InChI is InChI=1S/C16H22N4O4/c1-16(2,3)12-10-11(23-19-8-6-14(21)17-19)4-5-13(12)24-20-9-7-15(22)18-20/h4-5,10H,6-9H2,1-3H3,(H,17,21)(H,18,22). The van der Waals surface area contributed by atoms with E-state index in [0.29, 0.717) is 37.4 Å². The molecule has 0 atom stereocenters. The number of carbonyl (C=O) groups is 2. The zero-order valence-electron chi connectivity index (χ0n) is 14.1. The number of benzene rings is 1. The van der Waals surface area contributed by atoms with Crippen molar-refractivity contribution in [3.8, 4) is 11.5 Å². The maximum atomic E-state index is 11.3. The Bertz CT molecular complexity index is 656. The van der Waals surface area contributed by atoms with Gasteiger partial charge in [-0.25, -0.2) is 0 Å². The van der Waals surface area contributed by atoms with Gasteiger partial charge in [0.05, 0.1) is 13.1 Å². The molecule has 0 radical (unpaired) electrons. The van der Waals surface area contributed by atoms with Crippen LogP contribution in [0.5, 0.6) is 11.5 Å². The highest BCUT2D eigenvalue weighted by Crippen LogP contribution is 2.35. The minimum Gasteiger partial charge on any atom is -0.386 e. The summed E-state index contributed by atoms with van der Waals surface area (Å²) in [7, 11) is 0. The number of nitrogens with zero attached hydrogens (tertiary/aromatic N) is 2. The van der Waals surface area contributed by atoms with Gasteiger partial charge in [0.2, 0.25) is 11.8 Å². The molecule has 8 nitrogen and oxygen atoms in total. The third kappa shape index (κ3) is 3.77.